The number of nitrogens with two attached hydrogens (primary N) is 1. The second-order valence-electron chi connectivity index (χ2n) is 4.93. The van der Waals surface area contributed by atoms with Crippen LogP contribution in [0.2, 0.25) is 0 Å². The summed E-state index contributed by atoms with van der Waals surface area (Å²) in [6, 6.07) is 3.01. The first-order valence-electron chi connectivity index (χ1n) is 6.05. The van der Waals surface area contributed by atoms with E-state index in [1.807, 2.05) is 0 Å². The number of rotatable bonds is 5. The molecule has 5 nitrogen and oxygen atoms in total. The lowest BCUT2D eigenvalue weighted by atomic mass is 9.81. The van der Waals surface area contributed by atoms with Gasteiger partial charge in [-0.1, -0.05) is 0 Å². The lowest BCUT2D eigenvalue weighted by Gasteiger charge is -2.29. The zero-order chi connectivity index (χ0) is 15.5. The minimum Gasteiger partial charge on any atom is -0.495 e. The summed E-state index contributed by atoms with van der Waals surface area (Å²) in [5.41, 5.74) is 6.09. The van der Waals surface area contributed by atoms with E-state index in [2.05, 4.69) is 15.9 Å². The first kappa shape index (κ1) is 16.8. The Labute approximate surface area is 127 Å². The molecule has 1 rings (SSSR count). The van der Waals surface area contributed by atoms with Crippen LogP contribution in [0.5, 0.6) is 11.5 Å². The summed E-state index contributed by atoms with van der Waals surface area (Å²) >= 11 is 3.40. The number of hydrogen-bond donors (Lipinski definition) is 1. The summed E-state index contributed by atoms with van der Waals surface area (Å²) in [7, 11) is 4.46. The SMILES string of the molecule is COC(=O)C(C)(C)[C@@H](N)c1cc(OC)c(Br)c(OC)c1. The van der Waals surface area contributed by atoms with E-state index < -0.39 is 11.5 Å². The topological polar surface area (TPSA) is 70.8 Å². The molecule has 0 aromatic heterocycles. The van der Waals surface area contributed by atoms with Gasteiger partial charge in [0.15, 0.2) is 0 Å². The third-order valence-electron chi connectivity index (χ3n) is 3.32. The molecule has 1 aromatic carbocycles. The predicted octanol–water partition coefficient (Wildman–Crippen LogP) is 2.67. The van der Waals surface area contributed by atoms with E-state index in [4.69, 9.17) is 19.9 Å². The standard InChI is InChI=1S/C14H20BrNO4/c1-14(2,13(17)20-5)12(16)8-6-9(18-3)11(15)10(7-8)19-4/h6-7,12H,16H2,1-5H3/t12-/m0/s1. The fourth-order valence-electron chi connectivity index (χ4n) is 1.88. The summed E-state index contributed by atoms with van der Waals surface area (Å²) in [5.74, 6) is 0.816. The Morgan fingerprint density at radius 1 is 1.20 bits per heavy atom. The van der Waals surface area contributed by atoms with Crippen molar-refractivity contribution in [3.8, 4) is 11.5 Å². The molecule has 1 aromatic rings. The van der Waals surface area contributed by atoms with Crippen molar-refractivity contribution in [3.05, 3.63) is 22.2 Å². The molecule has 0 bridgehead atoms. The van der Waals surface area contributed by atoms with Gasteiger partial charge in [-0.2, -0.15) is 0 Å². The quantitative estimate of drug-likeness (QED) is 0.830. The molecule has 20 heavy (non-hydrogen) atoms. The molecule has 0 unspecified atom stereocenters. The van der Waals surface area contributed by atoms with Crippen molar-refractivity contribution in [2.24, 2.45) is 11.1 Å². The van der Waals surface area contributed by atoms with Crippen LogP contribution >= 0.6 is 15.9 Å². The third kappa shape index (κ3) is 3.07. The minimum atomic E-state index is -0.862. The molecule has 0 fully saturated rings. The monoisotopic (exact) mass is 345 g/mol. The molecule has 0 spiro atoms. The van der Waals surface area contributed by atoms with Gasteiger partial charge in [0.1, 0.15) is 16.0 Å². The second-order valence-corrected chi connectivity index (χ2v) is 5.72. The summed E-state index contributed by atoms with van der Waals surface area (Å²) in [4.78, 5) is 11.9. The zero-order valence-corrected chi connectivity index (χ0v) is 13.9. The molecule has 0 aliphatic heterocycles. The zero-order valence-electron chi connectivity index (χ0n) is 12.3. The van der Waals surface area contributed by atoms with Gasteiger partial charge < -0.3 is 19.9 Å². The van der Waals surface area contributed by atoms with Crippen molar-refractivity contribution < 1.29 is 19.0 Å². The highest BCUT2D eigenvalue weighted by molar-refractivity contribution is 9.10. The van der Waals surface area contributed by atoms with Crippen molar-refractivity contribution in [3.63, 3.8) is 0 Å². The highest BCUT2D eigenvalue weighted by Crippen LogP contribution is 2.40. The fourth-order valence-corrected chi connectivity index (χ4v) is 2.43. The minimum absolute atomic E-state index is 0.370. The Balaban J connectivity index is 3.29. The predicted molar refractivity (Wildman–Crippen MR) is 80.0 cm³/mol. The van der Waals surface area contributed by atoms with Gasteiger partial charge in [0.05, 0.1) is 26.7 Å². The Morgan fingerprint density at radius 3 is 2.00 bits per heavy atom. The van der Waals surface area contributed by atoms with Crippen LogP contribution in [0, 0.1) is 5.41 Å². The van der Waals surface area contributed by atoms with Crippen LogP contribution in [-0.4, -0.2) is 27.3 Å². The van der Waals surface area contributed by atoms with Crippen molar-refractivity contribution in [2.75, 3.05) is 21.3 Å². The van der Waals surface area contributed by atoms with Gasteiger partial charge in [-0.25, -0.2) is 0 Å². The van der Waals surface area contributed by atoms with E-state index in [-0.39, 0.29) is 5.97 Å². The summed E-state index contributed by atoms with van der Waals surface area (Å²) < 4.78 is 16.1. The van der Waals surface area contributed by atoms with E-state index in [1.54, 1.807) is 40.2 Å². The molecule has 0 amide bonds. The van der Waals surface area contributed by atoms with Crippen molar-refractivity contribution in [1.82, 2.24) is 0 Å². The molecule has 0 aliphatic carbocycles. The molecule has 6 heteroatoms. The van der Waals surface area contributed by atoms with Crippen molar-refractivity contribution >= 4 is 21.9 Å². The van der Waals surface area contributed by atoms with Gasteiger partial charge in [0.25, 0.3) is 0 Å². The largest absolute Gasteiger partial charge is 0.495 e. The van der Waals surface area contributed by atoms with Gasteiger partial charge in [-0.05, 0) is 47.5 Å². The normalized spacial score (nSPS) is 12.8. The van der Waals surface area contributed by atoms with E-state index in [9.17, 15) is 4.79 Å². The number of methoxy groups -OCH3 is 3. The number of carbonyl (C=O) groups excluding carboxylic acids is 1. The number of benzene rings is 1. The molecule has 2 N–H and O–H groups in total. The fraction of sp³-hybridized carbons (Fsp3) is 0.500. The molecular formula is C14H20BrNO4. The first-order valence-corrected chi connectivity index (χ1v) is 6.84. The maximum absolute atomic E-state index is 11.9. The molecule has 0 saturated carbocycles. The Bertz CT molecular complexity index is 477. The summed E-state index contributed by atoms with van der Waals surface area (Å²) in [5, 5.41) is 0. The van der Waals surface area contributed by atoms with Crippen LogP contribution in [0.25, 0.3) is 0 Å². The number of halogens is 1. The van der Waals surface area contributed by atoms with Gasteiger partial charge in [0, 0.05) is 6.04 Å². The van der Waals surface area contributed by atoms with Gasteiger partial charge in [0.2, 0.25) is 0 Å². The van der Waals surface area contributed by atoms with Crippen LogP contribution in [0.4, 0.5) is 0 Å². The molecule has 0 saturated heterocycles. The summed E-state index contributed by atoms with van der Waals surface area (Å²) in [6.45, 7) is 3.48. The van der Waals surface area contributed by atoms with Crippen LogP contribution in [0.15, 0.2) is 16.6 Å². The van der Waals surface area contributed by atoms with Crippen LogP contribution in [0.1, 0.15) is 25.5 Å². The van der Waals surface area contributed by atoms with Gasteiger partial charge in [-0.3, -0.25) is 4.79 Å². The third-order valence-corrected chi connectivity index (χ3v) is 4.10. The van der Waals surface area contributed by atoms with Crippen LogP contribution in [0.3, 0.4) is 0 Å². The number of ether oxygens (including phenoxy) is 3. The lowest BCUT2D eigenvalue weighted by molar-refractivity contribution is -0.152. The van der Waals surface area contributed by atoms with E-state index in [0.29, 0.717) is 16.0 Å². The summed E-state index contributed by atoms with van der Waals surface area (Å²) in [6.07, 6.45) is 0. The highest BCUT2D eigenvalue weighted by Gasteiger charge is 2.37. The van der Waals surface area contributed by atoms with Crippen LogP contribution in [-0.2, 0) is 9.53 Å². The van der Waals surface area contributed by atoms with E-state index in [1.165, 1.54) is 7.11 Å². The second kappa shape index (κ2) is 6.45. The smallest absolute Gasteiger partial charge is 0.313 e. The van der Waals surface area contributed by atoms with Gasteiger partial charge >= 0.3 is 5.97 Å². The maximum Gasteiger partial charge on any atom is 0.313 e. The number of hydrogen-bond acceptors (Lipinski definition) is 5. The average Bonchev–Trinajstić information content (AvgIpc) is 2.45. The number of carbonyl (C=O) groups is 1. The molecular weight excluding hydrogens is 326 g/mol. The highest BCUT2D eigenvalue weighted by atomic mass is 79.9. The first-order chi connectivity index (χ1) is 9.29. The Morgan fingerprint density at radius 2 is 1.65 bits per heavy atom. The Hall–Kier alpha value is -1.27. The number of esters is 1. The molecule has 112 valence electrons. The van der Waals surface area contributed by atoms with Gasteiger partial charge in [-0.15, -0.1) is 0 Å². The van der Waals surface area contributed by atoms with Crippen LogP contribution < -0.4 is 15.2 Å². The lowest BCUT2D eigenvalue weighted by Crippen LogP contribution is -2.37. The molecule has 0 heterocycles. The molecule has 0 radical (unpaired) electrons. The maximum atomic E-state index is 11.9. The van der Waals surface area contributed by atoms with Crippen molar-refractivity contribution in [2.45, 2.75) is 19.9 Å². The van der Waals surface area contributed by atoms with E-state index >= 15 is 0 Å². The van der Waals surface area contributed by atoms with E-state index in [0.717, 1.165) is 5.56 Å². The molecule has 0 aliphatic rings. The van der Waals surface area contributed by atoms with Crippen molar-refractivity contribution in [1.29, 1.82) is 0 Å². The molecule has 1 atom stereocenters. The average molecular weight is 346 g/mol. The Kier molecular flexibility index (Phi) is 5.42.